The molecule has 7 nitrogen and oxygen atoms in total. The summed E-state index contributed by atoms with van der Waals surface area (Å²) in [4.78, 5) is 25.9. The number of aryl methyl sites for hydroxylation is 1. The van der Waals surface area contributed by atoms with E-state index in [0.29, 0.717) is 20.7 Å². The number of nitrogens with zero attached hydrogens (tertiary/aromatic N) is 1. The Morgan fingerprint density at radius 2 is 2.00 bits per heavy atom. The van der Waals surface area contributed by atoms with Gasteiger partial charge in [-0.25, -0.2) is 13.2 Å². The van der Waals surface area contributed by atoms with E-state index in [4.69, 9.17) is 4.74 Å². The summed E-state index contributed by atoms with van der Waals surface area (Å²) in [7, 11) is -2.40. The number of nitrogens with one attached hydrogen (secondary N) is 1. The molecule has 1 heterocycles. The lowest BCUT2D eigenvalue weighted by Gasteiger charge is -2.23. The average Bonchev–Trinajstić information content (AvgIpc) is 3.19. The number of esters is 1. The van der Waals surface area contributed by atoms with Crippen LogP contribution in [0.4, 0.5) is 10.7 Å². The number of para-hydroxylation sites is 1. The number of sulfonamides is 1. The molecule has 1 aliphatic carbocycles. The van der Waals surface area contributed by atoms with E-state index >= 15 is 0 Å². The monoisotopic (exact) mass is 486 g/mol. The van der Waals surface area contributed by atoms with Gasteiger partial charge in [-0.2, -0.15) is 0 Å². The first-order valence-electron chi connectivity index (χ1n) is 8.47. The number of benzene rings is 1. The highest BCUT2D eigenvalue weighted by atomic mass is 79.9. The zero-order valence-electron chi connectivity index (χ0n) is 15.3. The molecule has 0 unspecified atom stereocenters. The molecule has 1 aliphatic rings. The van der Waals surface area contributed by atoms with E-state index in [1.165, 1.54) is 18.4 Å². The SMILES string of the molecule is COC(=O)c1c(NC(=O)CN(c2ccccc2Br)S(C)(=O)=O)sc2c1CCC2. The molecular formula is C18H19BrN2O5S2. The van der Waals surface area contributed by atoms with Crippen LogP contribution in [0, 0.1) is 0 Å². The normalized spacial score (nSPS) is 13.1. The summed E-state index contributed by atoms with van der Waals surface area (Å²) in [6, 6.07) is 6.75. The molecule has 0 atom stereocenters. The summed E-state index contributed by atoms with van der Waals surface area (Å²) >= 11 is 4.66. The second kappa shape index (κ2) is 8.22. The molecule has 0 spiro atoms. The van der Waals surface area contributed by atoms with Gasteiger partial charge in [0.05, 0.1) is 24.6 Å². The van der Waals surface area contributed by atoms with Gasteiger partial charge in [0.1, 0.15) is 11.5 Å². The Bertz CT molecular complexity index is 1030. The Morgan fingerprint density at radius 1 is 1.29 bits per heavy atom. The van der Waals surface area contributed by atoms with Crippen molar-refractivity contribution in [2.24, 2.45) is 0 Å². The van der Waals surface area contributed by atoms with E-state index in [1.54, 1.807) is 24.3 Å². The van der Waals surface area contributed by atoms with E-state index in [-0.39, 0.29) is 0 Å². The number of hydrogen-bond acceptors (Lipinski definition) is 6. The van der Waals surface area contributed by atoms with Crippen molar-refractivity contribution in [3.8, 4) is 0 Å². The summed E-state index contributed by atoms with van der Waals surface area (Å²) in [5.74, 6) is -1.04. The number of amides is 1. The highest BCUT2D eigenvalue weighted by Crippen LogP contribution is 2.39. The van der Waals surface area contributed by atoms with Gasteiger partial charge in [0.2, 0.25) is 15.9 Å². The summed E-state index contributed by atoms with van der Waals surface area (Å²) in [6.45, 7) is -0.412. The highest BCUT2D eigenvalue weighted by molar-refractivity contribution is 9.10. The molecule has 28 heavy (non-hydrogen) atoms. The number of ether oxygens (including phenoxy) is 1. The van der Waals surface area contributed by atoms with Crippen LogP contribution in [-0.4, -0.2) is 40.2 Å². The van der Waals surface area contributed by atoms with Crippen LogP contribution in [-0.2, 0) is 32.4 Å². The predicted octanol–water partition coefficient (Wildman–Crippen LogP) is 3.19. The van der Waals surface area contributed by atoms with E-state index in [9.17, 15) is 18.0 Å². The van der Waals surface area contributed by atoms with Gasteiger partial charge in [-0.3, -0.25) is 9.10 Å². The fourth-order valence-electron chi connectivity index (χ4n) is 3.14. The molecule has 10 heteroatoms. The zero-order chi connectivity index (χ0) is 20.5. The van der Waals surface area contributed by atoms with Crippen LogP contribution >= 0.6 is 27.3 Å². The molecule has 0 bridgehead atoms. The third-order valence-electron chi connectivity index (χ3n) is 4.37. The molecule has 0 fully saturated rings. The minimum absolute atomic E-state index is 0.363. The Balaban J connectivity index is 1.87. The van der Waals surface area contributed by atoms with E-state index in [2.05, 4.69) is 21.2 Å². The highest BCUT2D eigenvalue weighted by Gasteiger charge is 2.29. The Labute approximate surface area is 175 Å². The largest absolute Gasteiger partial charge is 0.465 e. The van der Waals surface area contributed by atoms with Crippen LogP contribution in [0.15, 0.2) is 28.7 Å². The van der Waals surface area contributed by atoms with Crippen molar-refractivity contribution >= 4 is 59.9 Å². The lowest BCUT2D eigenvalue weighted by atomic mass is 10.1. The van der Waals surface area contributed by atoms with Gasteiger partial charge in [0, 0.05) is 9.35 Å². The van der Waals surface area contributed by atoms with Crippen molar-refractivity contribution in [3.05, 3.63) is 44.7 Å². The Hall–Kier alpha value is -1.91. The van der Waals surface area contributed by atoms with Gasteiger partial charge in [0.25, 0.3) is 0 Å². The first-order chi connectivity index (χ1) is 13.2. The predicted molar refractivity (Wildman–Crippen MR) is 113 cm³/mol. The minimum Gasteiger partial charge on any atom is -0.465 e. The van der Waals surface area contributed by atoms with Crippen LogP contribution in [0.1, 0.15) is 27.2 Å². The molecule has 1 aromatic carbocycles. The van der Waals surface area contributed by atoms with Crippen molar-refractivity contribution in [1.82, 2.24) is 0 Å². The fraction of sp³-hybridized carbons (Fsp3) is 0.333. The van der Waals surface area contributed by atoms with E-state index in [1.807, 2.05) is 0 Å². The minimum atomic E-state index is -3.70. The van der Waals surface area contributed by atoms with Crippen molar-refractivity contribution in [2.45, 2.75) is 19.3 Å². The molecule has 0 saturated heterocycles. The standard InChI is InChI=1S/C18H19BrN2O5S2/c1-26-18(23)16-11-6-5-9-14(11)27-17(16)20-15(22)10-21(28(2,24)25)13-8-4-3-7-12(13)19/h3-4,7-8H,5-6,9-10H2,1-2H3,(H,20,22). The lowest BCUT2D eigenvalue weighted by Crippen LogP contribution is -2.37. The quantitative estimate of drug-likeness (QED) is 0.632. The molecule has 1 N–H and O–H groups in total. The number of rotatable bonds is 6. The number of hydrogen-bond donors (Lipinski definition) is 1. The summed E-state index contributed by atoms with van der Waals surface area (Å²) < 4.78 is 31.0. The van der Waals surface area contributed by atoms with Crippen molar-refractivity contribution in [3.63, 3.8) is 0 Å². The lowest BCUT2D eigenvalue weighted by molar-refractivity contribution is -0.114. The second-order valence-corrected chi connectivity index (χ2v) is 10.2. The van der Waals surface area contributed by atoms with E-state index in [0.717, 1.165) is 40.3 Å². The molecule has 0 aliphatic heterocycles. The summed E-state index contributed by atoms with van der Waals surface area (Å²) in [6.07, 6.45) is 3.62. The van der Waals surface area contributed by atoms with Gasteiger partial charge in [-0.15, -0.1) is 11.3 Å². The van der Waals surface area contributed by atoms with Crippen LogP contribution < -0.4 is 9.62 Å². The number of thiophene rings is 1. The van der Waals surface area contributed by atoms with Crippen LogP contribution in [0.5, 0.6) is 0 Å². The van der Waals surface area contributed by atoms with Crippen molar-refractivity contribution < 1.29 is 22.7 Å². The first kappa shape index (κ1) is 20.8. The number of anilines is 2. The molecule has 3 rings (SSSR count). The van der Waals surface area contributed by atoms with Gasteiger partial charge in [-0.05, 0) is 52.9 Å². The van der Waals surface area contributed by atoms with Gasteiger partial charge < -0.3 is 10.1 Å². The van der Waals surface area contributed by atoms with Crippen LogP contribution in [0.2, 0.25) is 0 Å². The molecule has 150 valence electrons. The number of halogens is 1. The zero-order valence-corrected chi connectivity index (χ0v) is 18.5. The Kier molecular flexibility index (Phi) is 6.11. The fourth-order valence-corrected chi connectivity index (χ4v) is 5.92. The number of fused-ring (bicyclic) bond motifs is 1. The van der Waals surface area contributed by atoms with Gasteiger partial charge >= 0.3 is 5.97 Å². The summed E-state index contributed by atoms with van der Waals surface area (Å²) in [5.41, 5.74) is 1.65. The first-order valence-corrected chi connectivity index (χ1v) is 11.9. The van der Waals surface area contributed by atoms with E-state index < -0.39 is 28.4 Å². The number of carbonyl (C=O) groups is 2. The average molecular weight is 487 g/mol. The second-order valence-electron chi connectivity index (χ2n) is 6.32. The van der Waals surface area contributed by atoms with Crippen LogP contribution in [0.3, 0.4) is 0 Å². The maximum atomic E-state index is 12.7. The topological polar surface area (TPSA) is 92.8 Å². The maximum Gasteiger partial charge on any atom is 0.341 e. The molecule has 1 amide bonds. The van der Waals surface area contributed by atoms with Crippen molar-refractivity contribution in [2.75, 3.05) is 29.5 Å². The van der Waals surface area contributed by atoms with Crippen LogP contribution in [0.25, 0.3) is 0 Å². The smallest absolute Gasteiger partial charge is 0.341 e. The third-order valence-corrected chi connectivity index (χ3v) is 7.38. The van der Waals surface area contributed by atoms with Gasteiger partial charge in [-0.1, -0.05) is 12.1 Å². The van der Waals surface area contributed by atoms with Gasteiger partial charge in [0.15, 0.2) is 0 Å². The molecule has 2 aromatic rings. The molecular weight excluding hydrogens is 468 g/mol. The maximum absolute atomic E-state index is 12.7. The molecule has 0 radical (unpaired) electrons. The molecule has 1 aromatic heterocycles. The number of methoxy groups -OCH3 is 1. The molecule has 0 saturated carbocycles. The Morgan fingerprint density at radius 3 is 2.64 bits per heavy atom. The third kappa shape index (κ3) is 4.23. The number of carbonyl (C=O) groups excluding carboxylic acids is 2. The van der Waals surface area contributed by atoms with Crippen molar-refractivity contribution in [1.29, 1.82) is 0 Å². The summed E-state index contributed by atoms with van der Waals surface area (Å²) in [5, 5.41) is 3.11.